The van der Waals surface area contributed by atoms with Gasteiger partial charge in [0.05, 0.1) is 20.8 Å². The molecule has 4 heteroatoms. The van der Waals surface area contributed by atoms with Crippen LogP contribution in [0.3, 0.4) is 0 Å². The molecule has 0 aliphatic heterocycles. The number of ether oxygens (including phenoxy) is 3. The zero-order chi connectivity index (χ0) is 17.5. The highest BCUT2D eigenvalue weighted by atomic mass is 16.5. The largest absolute Gasteiger partial charge is 0.497 e. The van der Waals surface area contributed by atoms with E-state index in [1.54, 1.807) is 50.6 Å². The van der Waals surface area contributed by atoms with Crippen molar-refractivity contribution in [2.24, 2.45) is 0 Å². The van der Waals surface area contributed by atoms with Crippen LogP contribution in [0.5, 0.6) is 17.2 Å². The van der Waals surface area contributed by atoms with Crippen molar-refractivity contribution in [1.29, 1.82) is 0 Å². The number of allylic oxidation sites excluding steroid dienone is 1. The van der Waals surface area contributed by atoms with Gasteiger partial charge in [-0.3, -0.25) is 4.79 Å². The second-order valence-electron chi connectivity index (χ2n) is 5.20. The third-order valence-corrected chi connectivity index (χ3v) is 3.69. The molecule has 0 spiro atoms. The summed E-state index contributed by atoms with van der Waals surface area (Å²) in [5, 5.41) is 0. The molecule has 0 radical (unpaired) electrons. The van der Waals surface area contributed by atoms with Crippen molar-refractivity contribution in [3.63, 3.8) is 0 Å². The van der Waals surface area contributed by atoms with Gasteiger partial charge in [-0.15, -0.1) is 0 Å². The van der Waals surface area contributed by atoms with E-state index < -0.39 is 0 Å². The van der Waals surface area contributed by atoms with Crippen LogP contribution in [0.4, 0.5) is 0 Å². The lowest BCUT2D eigenvalue weighted by atomic mass is 10.0. The van der Waals surface area contributed by atoms with Crippen LogP contribution >= 0.6 is 0 Å². The predicted molar refractivity (Wildman–Crippen MR) is 95.3 cm³/mol. The Morgan fingerprint density at radius 3 is 2.33 bits per heavy atom. The molecule has 24 heavy (non-hydrogen) atoms. The van der Waals surface area contributed by atoms with Crippen LogP contribution in [0.15, 0.2) is 42.5 Å². The molecule has 0 bridgehead atoms. The Balaban J connectivity index is 2.22. The monoisotopic (exact) mass is 326 g/mol. The lowest BCUT2D eigenvalue weighted by molar-refractivity contribution is 0.104. The number of methoxy groups -OCH3 is 2. The Bertz CT molecular complexity index is 730. The molecule has 2 aromatic rings. The molecule has 0 N–H and O–H groups in total. The molecule has 4 nitrogen and oxygen atoms in total. The summed E-state index contributed by atoms with van der Waals surface area (Å²) in [6, 6.07) is 10.8. The first-order valence-electron chi connectivity index (χ1n) is 7.77. The summed E-state index contributed by atoms with van der Waals surface area (Å²) in [4.78, 5) is 12.3. The molecule has 0 atom stereocenters. The number of hydrogen-bond donors (Lipinski definition) is 0. The Morgan fingerprint density at radius 2 is 1.75 bits per heavy atom. The van der Waals surface area contributed by atoms with E-state index in [2.05, 4.69) is 0 Å². The summed E-state index contributed by atoms with van der Waals surface area (Å²) in [5.74, 6) is 2.10. The molecule has 0 unspecified atom stereocenters. The summed E-state index contributed by atoms with van der Waals surface area (Å²) in [5.41, 5.74) is 2.45. The van der Waals surface area contributed by atoms with Crippen LogP contribution in [-0.4, -0.2) is 26.6 Å². The molecular formula is C20H22O4. The van der Waals surface area contributed by atoms with Crippen molar-refractivity contribution in [2.45, 2.75) is 13.8 Å². The van der Waals surface area contributed by atoms with Gasteiger partial charge in [0.15, 0.2) is 5.78 Å². The second kappa shape index (κ2) is 8.20. The Morgan fingerprint density at radius 1 is 1.04 bits per heavy atom. The molecule has 0 saturated carbocycles. The minimum absolute atomic E-state index is 0.0702. The van der Waals surface area contributed by atoms with E-state index in [0.717, 1.165) is 22.6 Å². The van der Waals surface area contributed by atoms with Crippen LogP contribution in [0.1, 0.15) is 28.4 Å². The predicted octanol–water partition coefficient (Wildman–Crippen LogP) is 4.31. The number of ketones is 1. The highest BCUT2D eigenvalue weighted by molar-refractivity contribution is 6.07. The number of rotatable bonds is 7. The summed E-state index contributed by atoms with van der Waals surface area (Å²) in [6.45, 7) is 4.47. The maximum atomic E-state index is 12.3. The zero-order valence-corrected chi connectivity index (χ0v) is 14.5. The molecule has 126 valence electrons. The SMILES string of the molecule is CCOc1ccc(C(=O)/C=C/c2cc(OC)cc(OC)c2C)cc1. The molecule has 0 heterocycles. The molecular weight excluding hydrogens is 304 g/mol. The van der Waals surface area contributed by atoms with Crippen molar-refractivity contribution in [3.05, 3.63) is 59.2 Å². The fraction of sp³-hybridized carbons (Fsp3) is 0.250. The van der Waals surface area contributed by atoms with Crippen LogP contribution in [0, 0.1) is 6.92 Å². The van der Waals surface area contributed by atoms with E-state index in [0.29, 0.717) is 17.9 Å². The van der Waals surface area contributed by atoms with E-state index in [-0.39, 0.29) is 5.78 Å². The van der Waals surface area contributed by atoms with E-state index in [4.69, 9.17) is 14.2 Å². The van der Waals surface area contributed by atoms with Crippen molar-refractivity contribution in [1.82, 2.24) is 0 Å². The molecule has 0 saturated heterocycles. The first-order valence-corrected chi connectivity index (χ1v) is 7.77. The second-order valence-corrected chi connectivity index (χ2v) is 5.20. The molecule has 0 aliphatic carbocycles. The summed E-state index contributed by atoms with van der Waals surface area (Å²) >= 11 is 0. The van der Waals surface area contributed by atoms with Crippen LogP contribution in [0.2, 0.25) is 0 Å². The van der Waals surface area contributed by atoms with E-state index in [1.807, 2.05) is 26.0 Å². The summed E-state index contributed by atoms with van der Waals surface area (Å²) < 4.78 is 16.0. The maximum absolute atomic E-state index is 12.3. The third-order valence-electron chi connectivity index (χ3n) is 3.69. The Labute approximate surface area is 142 Å². The van der Waals surface area contributed by atoms with Crippen molar-refractivity contribution in [3.8, 4) is 17.2 Å². The molecule has 0 aromatic heterocycles. The Kier molecular flexibility index (Phi) is 6.01. The number of hydrogen-bond acceptors (Lipinski definition) is 4. The third kappa shape index (κ3) is 4.16. The van der Waals surface area contributed by atoms with Crippen LogP contribution in [0.25, 0.3) is 6.08 Å². The number of carbonyl (C=O) groups is 1. The van der Waals surface area contributed by atoms with Gasteiger partial charge >= 0.3 is 0 Å². The van der Waals surface area contributed by atoms with Gasteiger partial charge in [-0.1, -0.05) is 6.08 Å². The Hall–Kier alpha value is -2.75. The fourth-order valence-corrected chi connectivity index (χ4v) is 2.33. The van der Waals surface area contributed by atoms with Gasteiger partial charge < -0.3 is 14.2 Å². The topological polar surface area (TPSA) is 44.8 Å². The smallest absolute Gasteiger partial charge is 0.185 e. The van der Waals surface area contributed by atoms with Crippen molar-refractivity contribution < 1.29 is 19.0 Å². The highest BCUT2D eigenvalue weighted by Crippen LogP contribution is 2.29. The lowest BCUT2D eigenvalue weighted by Crippen LogP contribution is -1.96. The van der Waals surface area contributed by atoms with E-state index in [1.165, 1.54) is 0 Å². The first kappa shape index (κ1) is 17.6. The van der Waals surface area contributed by atoms with Gasteiger partial charge in [-0.05, 0) is 61.4 Å². The number of carbonyl (C=O) groups excluding carboxylic acids is 1. The molecule has 2 aromatic carbocycles. The van der Waals surface area contributed by atoms with Gasteiger partial charge in [0, 0.05) is 11.6 Å². The quantitative estimate of drug-likeness (QED) is 0.562. The van der Waals surface area contributed by atoms with Gasteiger partial charge in [-0.25, -0.2) is 0 Å². The minimum Gasteiger partial charge on any atom is -0.497 e. The first-order chi connectivity index (χ1) is 11.6. The molecule has 2 rings (SSSR count). The normalized spacial score (nSPS) is 10.7. The fourth-order valence-electron chi connectivity index (χ4n) is 2.33. The average Bonchev–Trinajstić information content (AvgIpc) is 2.61. The molecule has 0 fully saturated rings. The van der Waals surface area contributed by atoms with Crippen LogP contribution < -0.4 is 14.2 Å². The maximum Gasteiger partial charge on any atom is 0.185 e. The van der Waals surface area contributed by atoms with Crippen molar-refractivity contribution >= 4 is 11.9 Å². The molecule has 0 aliphatic rings. The van der Waals surface area contributed by atoms with Crippen LogP contribution in [-0.2, 0) is 0 Å². The van der Waals surface area contributed by atoms with E-state index >= 15 is 0 Å². The standard InChI is InChI=1S/C20H22O4/c1-5-24-17-9-6-15(7-10-17)19(21)11-8-16-12-18(22-3)13-20(23-4)14(16)2/h6-13H,5H2,1-4H3/b11-8+. The van der Waals surface area contributed by atoms with Gasteiger partial charge in [0.2, 0.25) is 0 Å². The van der Waals surface area contributed by atoms with Crippen molar-refractivity contribution in [2.75, 3.05) is 20.8 Å². The highest BCUT2D eigenvalue weighted by Gasteiger charge is 2.07. The average molecular weight is 326 g/mol. The summed E-state index contributed by atoms with van der Waals surface area (Å²) in [6.07, 6.45) is 3.33. The van der Waals surface area contributed by atoms with Gasteiger partial charge in [-0.2, -0.15) is 0 Å². The number of benzene rings is 2. The molecule has 0 amide bonds. The van der Waals surface area contributed by atoms with Gasteiger partial charge in [0.1, 0.15) is 17.2 Å². The van der Waals surface area contributed by atoms with E-state index in [9.17, 15) is 4.79 Å². The van der Waals surface area contributed by atoms with Gasteiger partial charge in [0.25, 0.3) is 0 Å². The minimum atomic E-state index is -0.0702. The zero-order valence-electron chi connectivity index (χ0n) is 14.5. The lowest BCUT2D eigenvalue weighted by Gasteiger charge is -2.10. The summed E-state index contributed by atoms with van der Waals surface area (Å²) in [7, 11) is 3.21.